The molecule has 0 saturated carbocycles. The number of nitrogens with zero attached hydrogens (tertiary/aromatic N) is 2. The van der Waals surface area contributed by atoms with Crippen molar-refractivity contribution in [1.82, 2.24) is 4.98 Å². The predicted molar refractivity (Wildman–Crippen MR) is 107 cm³/mol. The molecule has 4 rings (SSSR count). The topological polar surface area (TPSA) is 78.0 Å². The van der Waals surface area contributed by atoms with Gasteiger partial charge >= 0.3 is 0 Å². The van der Waals surface area contributed by atoms with E-state index in [0.29, 0.717) is 60.9 Å². The minimum Gasteiger partial charge on any atom is -0.479 e. The summed E-state index contributed by atoms with van der Waals surface area (Å²) in [6.07, 6.45) is 1.93. The summed E-state index contributed by atoms with van der Waals surface area (Å²) in [4.78, 5) is 30.4. The van der Waals surface area contributed by atoms with E-state index in [0.717, 1.165) is 0 Å². The number of halogens is 1. The van der Waals surface area contributed by atoms with Crippen molar-refractivity contribution in [2.75, 3.05) is 25.2 Å². The second kappa shape index (κ2) is 8.39. The average Bonchev–Trinajstić information content (AvgIpc) is 3.30. The van der Waals surface area contributed by atoms with E-state index in [1.807, 2.05) is 6.92 Å². The first-order chi connectivity index (χ1) is 14.5. The van der Waals surface area contributed by atoms with Gasteiger partial charge in [-0.25, -0.2) is 9.37 Å². The zero-order valence-corrected chi connectivity index (χ0v) is 16.9. The molecule has 2 heterocycles. The van der Waals surface area contributed by atoms with Gasteiger partial charge in [0.15, 0.2) is 11.9 Å². The van der Waals surface area contributed by atoms with Crippen LogP contribution in [0.25, 0.3) is 0 Å². The minimum atomic E-state index is -0.695. The van der Waals surface area contributed by atoms with Gasteiger partial charge < -0.3 is 19.1 Å². The van der Waals surface area contributed by atoms with Crippen LogP contribution in [0, 0.1) is 5.82 Å². The van der Waals surface area contributed by atoms with Crippen molar-refractivity contribution in [3.8, 4) is 11.6 Å². The second-order valence-corrected chi connectivity index (χ2v) is 7.45. The number of fused-ring (bicyclic) bond motifs is 1. The molecule has 2 aliphatic rings. The highest BCUT2D eigenvalue weighted by Gasteiger charge is 2.36. The quantitative estimate of drug-likeness (QED) is 0.693. The Kier molecular flexibility index (Phi) is 5.67. The van der Waals surface area contributed by atoms with Gasteiger partial charge in [0.1, 0.15) is 18.2 Å². The Morgan fingerprint density at radius 1 is 1.27 bits per heavy atom. The predicted octanol–water partition coefficient (Wildman–Crippen LogP) is 2.95. The number of benzene rings is 1. The summed E-state index contributed by atoms with van der Waals surface area (Å²) in [5.41, 5.74) is 1.22. The molecule has 1 aromatic heterocycles. The molecule has 30 heavy (non-hydrogen) atoms. The van der Waals surface area contributed by atoms with E-state index >= 15 is 0 Å². The highest BCUT2D eigenvalue weighted by atomic mass is 19.1. The summed E-state index contributed by atoms with van der Waals surface area (Å²) in [5, 5.41) is 0. The van der Waals surface area contributed by atoms with Crippen LogP contribution in [0.2, 0.25) is 0 Å². The number of pyridine rings is 1. The van der Waals surface area contributed by atoms with E-state index in [9.17, 15) is 14.0 Å². The summed E-state index contributed by atoms with van der Waals surface area (Å²) >= 11 is 0. The molecule has 1 amide bonds. The van der Waals surface area contributed by atoms with Gasteiger partial charge in [0.25, 0.3) is 5.91 Å². The van der Waals surface area contributed by atoms with Crippen molar-refractivity contribution in [3.05, 3.63) is 47.4 Å². The number of aromatic nitrogens is 1. The van der Waals surface area contributed by atoms with Crippen LogP contribution in [-0.4, -0.2) is 49.1 Å². The van der Waals surface area contributed by atoms with Crippen LogP contribution >= 0.6 is 0 Å². The molecular weight excluding hydrogens is 391 g/mol. The molecule has 1 aromatic carbocycles. The number of Topliss-reactive ketones (excluding diaryl/α,β-unsaturated/α-hetero) is 1. The fraction of sp³-hybridized carbons (Fsp3) is 0.409. The third-order valence-electron chi connectivity index (χ3n) is 5.41. The largest absolute Gasteiger partial charge is 0.479 e. The molecule has 1 aliphatic carbocycles. The maximum absolute atomic E-state index is 14.4. The molecule has 158 valence electrons. The zero-order valence-electron chi connectivity index (χ0n) is 16.9. The molecule has 2 aromatic rings. The molecule has 0 N–H and O–H groups in total. The molecule has 2 unspecified atom stereocenters. The van der Waals surface area contributed by atoms with Crippen molar-refractivity contribution in [2.24, 2.45) is 0 Å². The van der Waals surface area contributed by atoms with Gasteiger partial charge in [0.05, 0.1) is 12.3 Å². The fourth-order valence-corrected chi connectivity index (χ4v) is 3.63. The fourth-order valence-electron chi connectivity index (χ4n) is 3.63. The molecular formula is C22H23FN2O5. The number of hydrogen-bond donors (Lipinski definition) is 0. The molecule has 7 nitrogen and oxygen atoms in total. The molecule has 0 bridgehead atoms. The average molecular weight is 414 g/mol. The lowest BCUT2D eigenvalue weighted by molar-refractivity contribution is -0.122. The Balaban J connectivity index is 1.41. The standard InChI is InChI=1S/C22H23FN2O5/c1-13(28-2)12-29-21-6-3-15(11-24-21)30-20-7-8-25(22(20)27)14-9-17-16(18(23)10-14)4-5-19(17)26/h3,6,9-11,13,20H,4-5,7-8,12H2,1-2H3. The maximum Gasteiger partial charge on any atom is 0.268 e. The number of hydrogen-bond acceptors (Lipinski definition) is 6. The van der Waals surface area contributed by atoms with E-state index in [1.54, 1.807) is 25.3 Å². The first kappa shape index (κ1) is 20.3. The third kappa shape index (κ3) is 4.00. The third-order valence-corrected chi connectivity index (χ3v) is 5.41. The number of ketones is 1. The second-order valence-electron chi connectivity index (χ2n) is 7.45. The number of methoxy groups -OCH3 is 1. The van der Waals surface area contributed by atoms with Gasteiger partial charge in [-0.15, -0.1) is 0 Å². The summed E-state index contributed by atoms with van der Waals surface area (Å²) in [6.45, 7) is 2.65. The first-order valence-electron chi connectivity index (χ1n) is 9.91. The molecule has 2 atom stereocenters. The molecule has 0 spiro atoms. The summed E-state index contributed by atoms with van der Waals surface area (Å²) in [5.74, 6) is 0.0853. The van der Waals surface area contributed by atoms with Gasteiger partial charge in [-0.1, -0.05) is 0 Å². The van der Waals surface area contributed by atoms with Gasteiger partial charge in [-0.2, -0.15) is 0 Å². The number of amides is 1. The Labute approximate surface area is 173 Å². The zero-order chi connectivity index (χ0) is 21.3. The minimum absolute atomic E-state index is 0.0517. The monoisotopic (exact) mass is 414 g/mol. The van der Waals surface area contributed by atoms with E-state index in [4.69, 9.17) is 14.2 Å². The van der Waals surface area contributed by atoms with Crippen LogP contribution in [0.1, 0.15) is 35.7 Å². The number of rotatable bonds is 7. The van der Waals surface area contributed by atoms with Crippen molar-refractivity contribution in [1.29, 1.82) is 0 Å². The summed E-state index contributed by atoms with van der Waals surface area (Å²) in [7, 11) is 1.61. The van der Waals surface area contributed by atoms with Gasteiger partial charge in [-0.3, -0.25) is 9.59 Å². The smallest absolute Gasteiger partial charge is 0.268 e. The molecule has 0 radical (unpaired) electrons. The van der Waals surface area contributed by atoms with Crippen LogP contribution in [0.4, 0.5) is 10.1 Å². The van der Waals surface area contributed by atoms with Crippen molar-refractivity contribution < 1.29 is 28.2 Å². The van der Waals surface area contributed by atoms with E-state index in [-0.39, 0.29) is 17.8 Å². The van der Waals surface area contributed by atoms with Crippen LogP contribution in [0.3, 0.4) is 0 Å². The Morgan fingerprint density at radius 3 is 2.83 bits per heavy atom. The van der Waals surface area contributed by atoms with Crippen LogP contribution in [0.5, 0.6) is 11.6 Å². The Bertz CT molecular complexity index is 963. The van der Waals surface area contributed by atoms with Gasteiger partial charge in [0.2, 0.25) is 5.88 Å². The van der Waals surface area contributed by atoms with Crippen LogP contribution < -0.4 is 14.4 Å². The summed E-state index contributed by atoms with van der Waals surface area (Å²) < 4.78 is 30.8. The number of ether oxygens (including phenoxy) is 3. The molecule has 1 saturated heterocycles. The van der Waals surface area contributed by atoms with E-state index in [2.05, 4.69) is 4.98 Å². The lowest BCUT2D eigenvalue weighted by Gasteiger charge is -2.18. The van der Waals surface area contributed by atoms with Crippen LogP contribution in [-0.2, 0) is 16.0 Å². The van der Waals surface area contributed by atoms with Gasteiger partial charge in [-0.05, 0) is 37.1 Å². The SMILES string of the molecule is COC(C)COc1ccc(OC2CCN(c3cc(F)c4c(c3)C(=O)CC4)C2=O)cn1. The maximum atomic E-state index is 14.4. The number of carbonyl (C=O) groups excluding carboxylic acids is 2. The Hall–Kier alpha value is -3.00. The van der Waals surface area contributed by atoms with Crippen molar-refractivity contribution in [3.63, 3.8) is 0 Å². The molecule has 1 fully saturated rings. The molecule has 1 aliphatic heterocycles. The van der Waals surface area contributed by atoms with E-state index in [1.165, 1.54) is 17.2 Å². The van der Waals surface area contributed by atoms with Crippen molar-refractivity contribution >= 4 is 17.4 Å². The van der Waals surface area contributed by atoms with Gasteiger partial charge in [0, 0.05) is 43.8 Å². The van der Waals surface area contributed by atoms with E-state index < -0.39 is 11.9 Å². The van der Waals surface area contributed by atoms with Crippen molar-refractivity contribution in [2.45, 2.75) is 38.4 Å². The highest BCUT2D eigenvalue weighted by Crippen LogP contribution is 2.32. The first-order valence-corrected chi connectivity index (χ1v) is 9.91. The normalized spacial score (nSPS) is 19.2. The molecule has 8 heteroatoms. The van der Waals surface area contributed by atoms with Crippen LogP contribution in [0.15, 0.2) is 30.5 Å². The highest BCUT2D eigenvalue weighted by molar-refractivity contribution is 6.04. The summed E-state index contributed by atoms with van der Waals surface area (Å²) in [6, 6.07) is 6.29. The number of carbonyl (C=O) groups is 2. The Morgan fingerprint density at radius 2 is 2.10 bits per heavy atom. The lowest BCUT2D eigenvalue weighted by Crippen LogP contribution is -2.32. The number of anilines is 1. The lowest BCUT2D eigenvalue weighted by atomic mass is 10.1.